The Kier molecular flexibility index (Phi) is 4.93. The predicted octanol–water partition coefficient (Wildman–Crippen LogP) is 3.25. The summed E-state index contributed by atoms with van der Waals surface area (Å²) in [7, 11) is 1.55. The van der Waals surface area contributed by atoms with Gasteiger partial charge in [-0.1, -0.05) is 12.1 Å². The molecule has 0 spiro atoms. The number of nitrogens with zero attached hydrogens (tertiary/aromatic N) is 1. The topological polar surface area (TPSA) is 67.9 Å². The number of carbonyl (C=O) groups is 2. The van der Waals surface area contributed by atoms with Gasteiger partial charge in [-0.05, 0) is 43.3 Å². The lowest BCUT2D eigenvalue weighted by atomic mass is 10.1. The highest BCUT2D eigenvalue weighted by molar-refractivity contribution is 6.06. The molecule has 1 atom stereocenters. The van der Waals surface area contributed by atoms with Gasteiger partial charge in [-0.2, -0.15) is 0 Å². The van der Waals surface area contributed by atoms with Crippen molar-refractivity contribution in [3.63, 3.8) is 0 Å². The number of fused-ring (bicyclic) bond motifs is 1. The number of anilines is 2. The SMILES string of the molecule is C=CCN1C(=O)C(C)Oc2ccc(NC(=O)c3cccc(OC)c3)cc21. The lowest BCUT2D eigenvalue weighted by Crippen LogP contribution is -2.44. The number of amides is 2. The maximum atomic E-state index is 12.5. The first-order chi connectivity index (χ1) is 12.5. The minimum atomic E-state index is -0.556. The first-order valence-electron chi connectivity index (χ1n) is 8.22. The zero-order valence-corrected chi connectivity index (χ0v) is 14.7. The van der Waals surface area contributed by atoms with Crippen molar-refractivity contribution in [1.82, 2.24) is 0 Å². The molecule has 3 rings (SSSR count). The number of benzene rings is 2. The summed E-state index contributed by atoms with van der Waals surface area (Å²) in [5.41, 5.74) is 1.65. The van der Waals surface area contributed by atoms with Gasteiger partial charge in [-0.25, -0.2) is 0 Å². The molecule has 1 unspecified atom stereocenters. The summed E-state index contributed by atoms with van der Waals surface area (Å²) in [6.45, 7) is 5.77. The van der Waals surface area contributed by atoms with Gasteiger partial charge >= 0.3 is 0 Å². The third kappa shape index (κ3) is 3.39. The number of hydrogen-bond donors (Lipinski definition) is 1. The standard InChI is InChI=1S/C20H20N2O4/c1-4-10-22-17-12-15(8-9-18(17)26-13(2)20(22)24)21-19(23)14-6-5-7-16(11-14)25-3/h4-9,11-13H,1,10H2,2-3H3,(H,21,23). The zero-order valence-electron chi connectivity index (χ0n) is 14.7. The summed E-state index contributed by atoms with van der Waals surface area (Å²) in [5.74, 6) is 0.788. The summed E-state index contributed by atoms with van der Waals surface area (Å²) in [6.07, 6.45) is 1.10. The Bertz CT molecular complexity index is 863. The number of carbonyl (C=O) groups excluding carboxylic acids is 2. The molecule has 1 aliphatic rings. The van der Waals surface area contributed by atoms with Gasteiger partial charge in [0.2, 0.25) is 0 Å². The van der Waals surface area contributed by atoms with Gasteiger partial charge in [-0.3, -0.25) is 9.59 Å². The van der Waals surface area contributed by atoms with Crippen molar-refractivity contribution in [2.75, 3.05) is 23.9 Å². The van der Waals surface area contributed by atoms with Crippen molar-refractivity contribution in [2.45, 2.75) is 13.0 Å². The molecule has 0 aliphatic carbocycles. The molecule has 134 valence electrons. The average molecular weight is 352 g/mol. The first-order valence-corrected chi connectivity index (χ1v) is 8.22. The Morgan fingerprint density at radius 1 is 1.35 bits per heavy atom. The molecular weight excluding hydrogens is 332 g/mol. The van der Waals surface area contributed by atoms with Crippen LogP contribution in [0.2, 0.25) is 0 Å². The maximum absolute atomic E-state index is 12.5. The lowest BCUT2D eigenvalue weighted by molar-refractivity contribution is -0.125. The van der Waals surface area contributed by atoms with Crippen LogP contribution in [0.3, 0.4) is 0 Å². The van der Waals surface area contributed by atoms with Crippen molar-refractivity contribution in [3.05, 3.63) is 60.7 Å². The van der Waals surface area contributed by atoms with Crippen LogP contribution in [-0.4, -0.2) is 31.6 Å². The summed E-state index contributed by atoms with van der Waals surface area (Å²) >= 11 is 0. The molecule has 0 radical (unpaired) electrons. The Balaban J connectivity index is 1.87. The van der Waals surface area contributed by atoms with Gasteiger partial charge in [-0.15, -0.1) is 6.58 Å². The summed E-state index contributed by atoms with van der Waals surface area (Å²) in [4.78, 5) is 26.4. The molecule has 2 aromatic rings. The van der Waals surface area contributed by atoms with E-state index < -0.39 is 6.10 Å². The molecule has 0 aromatic heterocycles. The second kappa shape index (κ2) is 7.31. The van der Waals surface area contributed by atoms with Crippen LogP contribution >= 0.6 is 0 Å². The molecule has 6 heteroatoms. The van der Waals surface area contributed by atoms with Crippen molar-refractivity contribution in [2.24, 2.45) is 0 Å². The quantitative estimate of drug-likeness (QED) is 0.839. The number of rotatable bonds is 5. The van der Waals surface area contributed by atoms with E-state index in [-0.39, 0.29) is 11.8 Å². The fourth-order valence-electron chi connectivity index (χ4n) is 2.77. The maximum Gasteiger partial charge on any atom is 0.268 e. The van der Waals surface area contributed by atoms with Crippen LogP contribution in [0.5, 0.6) is 11.5 Å². The largest absolute Gasteiger partial charge is 0.497 e. The Hall–Kier alpha value is -3.28. The van der Waals surface area contributed by atoms with E-state index in [2.05, 4.69) is 11.9 Å². The number of hydrogen-bond acceptors (Lipinski definition) is 4. The Morgan fingerprint density at radius 3 is 2.88 bits per heavy atom. The Morgan fingerprint density at radius 2 is 2.15 bits per heavy atom. The van der Waals surface area contributed by atoms with E-state index in [4.69, 9.17) is 9.47 Å². The molecule has 0 bridgehead atoms. The number of methoxy groups -OCH3 is 1. The molecular formula is C20H20N2O4. The van der Waals surface area contributed by atoms with Gasteiger partial charge in [0.1, 0.15) is 11.5 Å². The van der Waals surface area contributed by atoms with Crippen LogP contribution in [0.25, 0.3) is 0 Å². The van der Waals surface area contributed by atoms with Gasteiger partial charge in [0.15, 0.2) is 6.10 Å². The van der Waals surface area contributed by atoms with E-state index in [0.29, 0.717) is 35.0 Å². The average Bonchev–Trinajstić information content (AvgIpc) is 2.66. The molecule has 1 N–H and O–H groups in total. The predicted molar refractivity (Wildman–Crippen MR) is 100 cm³/mol. The first kappa shape index (κ1) is 17.5. The van der Waals surface area contributed by atoms with E-state index in [1.54, 1.807) is 67.5 Å². The monoisotopic (exact) mass is 352 g/mol. The molecule has 0 fully saturated rings. The highest BCUT2D eigenvalue weighted by atomic mass is 16.5. The van der Waals surface area contributed by atoms with Crippen LogP contribution in [0.4, 0.5) is 11.4 Å². The van der Waals surface area contributed by atoms with Crippen LogP contribution in [-0.2, 0) is 4.79 Å². The fourth-order valence-corrected chi connectivity index (χ4v) is 2.77. The molecule has 2 amide bonds. The van der Waals surface area contributed by atoms with Crippen LogP contribution in [0.1, 0.15) is 17.3 Å². The Labute approximate surface area is 152 Å². The lowest BCUT2D eigenvalue weighted by Gasteiger charge is -2.32. The second-order valence-corrected chi connectivity index (χ2v) is 5.87. The molecule has 26 heavy (non-hydrogen) atoms. The van der Waals surface area contributed by atoms with Crippen LogP contribution in [0, 0.1) is 0 Å². The van der Waals surface area contributed by atoms with Crippen LogP contribution in [0.15, 0.2) is 55.1 Å². The molecule has 1 aliphatic heterocycles. The van der Waals surface area contributed by atoms with Gasteiger partial charge < -0.3 is 19.7 Å². The minimum Gasteiger partial charge on any atom is -0.497 e. The molecule has 2 aromatic carbocycles. The second-order valence-electron chi connectivity index (χ2n) is 5.87. The highest BCUT2D eigenvalue weighted by Gasteiger charge is 2.31. The molecule has 6 nitrogen and oxygen atoms in total. The van der Waals surface area contributed by atoms with E-state index in [1.165, 1.54) is 0 Å². The van der Waals surface area contributed by atoms with Crippen molar-refractivity contribution < 1.29 is 19.1 Å². The third-order valence-electron chi connectivity index (χ3n) is 4.07. The summed E-state index contributed by atoms with van der Waals surface area (Å²) in [5, 5.41) is 2.83. The number of nitrogens with one attached hydrogen (secondary N) is 1. The normalized spacial score (nSPS) is 15.7. The van der Waals surface area contributed by atoms with Crippen molar-refractivity contribution >= 4 is 23.2 Å². The molecule has 1 heterocycles. The highest BCUT2D eigenvalue weighted by Crippen LogP contribution is 2.36. The zero-order chi connectivity index (χ0) is 18.7. The van der Waals surface area contributed by atoms with E-state index in [9.17, 15) is 9.59 Å². The minimum absolute atomic E-state index is 0.145. The summed E-state index contributed by atoms with van der Waals surface area (Å²) in [6, 6.07) is 12.1. The van der Waals surface area contributed by atoms with Crippen molar-refractivity contribution in [1.29, 1.82) is 0 Å². The van der Waals surface area contributed by atoms with E-state index in [1.807, 2.05) is 0 Å². The van der Waals surface area contributed by atoms with Gasteiger partial charge in [0, 0.05) is 17.8 Å². The van der Waals surface area contributed by atoms with E-state index >= 15 is 0 Å². The van der Waals surface area contributed by atoms with Crippen LogP contribution < -0.4 is 19.7 Å². The van der Waals surface area contributed by atoms with E-state index in [0.717, 1.165) is 0 Å². The number of ether oxygens (including phenoxy) is 2. The van der Waals surface area contributed by atoms with Gasteiger partial charge in [0.05, 0.1) is 12.8 Å². The van der Waals surface area contributed by atoms with Gasteiger partial charge in [0.25, 0.3) is 11.8 Å². The smallest absolute Gasteiger partial charge is 0.268 e. The summed E-state index contributed by atoms with van der Waals surface area (Å²) < 4.78 is 10.8. The fraction of sp³-hybridized carbons (Fsp3) is 0.200. The van der Waals surface area contributed by atoms with Crippen molar-refractivity contribution in [3.8, 4) is 11.5 Å². The molecule has 0 saturated carbocycles. The third-order valence-corrected chi connectivity index (χ3v) is 4.07. The molecule has 0 saturated heterocycles.